The molecule has 4 aromatic rings. The Kier molecular flexibility index (Phi) is 11.6. The lowest BCUT2D eigenvalue weighted by Gasteiger charge is -2.34. The van der Waals surface area contributed by atoms with E-state index in [0.29, 0.717) is 16.3 Å². The van der Waals surface area contributed by atoms with E-state index in [1.54, 1.807) is 18.2 Å². The number of nitrogens with zero attached hydrogens (tertiary/aromatic N) is 2. The lowest BCUT2D eigenvalue weighted by atomic mass is 10.0. The number of methoxy groups -OCH3 is 1. The van der Waals surface area contributed by atoms with E-state index in [-0.39, 0.29) is 40.5 Å². The van der Waals surface area contributed by atoms with Gasteiger partial charge in [0.1, 0.15) is 24.2 Å². The van der Waals surface area contributed by atoms with Crippen LogP contribution < -0.4 is 14.4 Å². The summed E-state index contributed by atoms with van der Waals surface area (Å²) in [4.78, 5) is 30.0. The maximum atomic E-state index is 14.6. The van der Waals surface area contributed by atoms with E-state index in [4.69, 9.17) is 27.9 Å². The van der Waals surface area contributed by atoms with Crippen LogP contribution in [0.3, 0.4) is 0 Å². The molecule has 0 radical (unpaired) electrons. The summed E-state index contributed by atoms with van der Waals surface area (Å²) in [6.07, 6.45) is 3.84. The van der Waals surface area contributed by atoms with Gasteiger partial charge in [0.05, 0.1) is 27.7 Å². The molecule has 0 aromatic heterocycles. The molecule has 48 heavy (non-hydrogen) atoms. The predicted octanol–water partition coefficient (Wildman–Crippen LogP) is 7.04. The number of halogens is 3. The molecule has 1 atom stereocenters. The zero-order valence-corrected chi connectivity index (χ0v) is 28.6. The van der Waals surface area contributed by atoms with E-state index in [1.807, 2.05) is 30.3 Å². The van der Waals surface area contributed by atoms with Crippen LogP contribution in [0.1, 0.15) is 36.8 Å². The van der Waals surface area contributed by atoms with E-state index < -0.39 is 34.3 Å². The first kappa shape index (κ1) is 35.2. The second-order valence-corrected chi connectivity index (χ2v) is 14.3. The van der Waals surface area contributed by atoms with Crippen LogP contribution in [0, 0.1) is 5.82 Å². The van der Waals surface area contributed by atoms with Crippen molar-refractivity contribution in [3.05, 3.63) is 124 Å². The fraction of sp³-hybridized carbons (Fsp3) is 0.278. The highest BCUT2D eigenvalue weighted by atomic mass is 35.5. The number of benzene rings is 4. The maximum absolute atomic E-state index is 14.6. The molecule has 1 fully saturated rings. The average molecular weight is 713 g/mol. The molecule has 1 aliphatic carbocycles. The van der Waals surface area contributed by atoms with Crippen molar-refractivity contribution in [3.8, 4) is 5.75 Å². The van der Waals surface area contributed by atoms with Crippen LogP contribution in [0.15, 0.2) is 102 Å². The van der Waals surface area contributed by atoms with Gasteiger partial charge in [0, 0.05) is 19.0 Å². The Morgan fingerprint density at radius 2 is 1.56 bits per heavy atom. The minimum atomic E-state index is -4.36. The molecule has 0 heterocycles. The number of rotatable bonds is 13. The summed E-state index contributed by atoms with van der Waals surface area (Å²) in [6, 6.07) is 23.8. The number of anilines is 1. The normalized spacial score (nSPS) is 13.9. The highest BCUT2D eigenvalue weighted by Gasteiger charge is 2.35. The monoisotopic (exact) mass is 711 g/mol. The minimum absolute atomic E-state index is 0.0242. The molecule has 12 heteroatoms. The molecule has 0 aliphatic heterocycles. The van der Waals surface area contributed by atoms with Gasteiger partial charge in [-0.25, -0.2) is 12.8 Å². The number of carbonyl (C=O) groups is 2. The Hall–Kier alpha value is -4.12. The molecular formula is C36H36Cl2FN3O5S. The topological polar surface area (TPSA) is 96.0 Å². The molecule has 0 bridgehead atoms. The molecule has 1 saturated carbocycles. The third-order valence-electron chi connectivity index (χ3n) is 8.35. The molecule has 1 aliphatic rings. The van der Waals surface area contributed by atoms with Gasteiger partial charge in [-0.15, -0.1) is 0 Å². The number of hydrogen-bond donors (Lipinski definition) is 1. The summed E-state index contributed by atoms with van der Waals surface area (Å²) < 4.78 is 48.4. The molecule has 0 unspecified atom stereocenters. The molecule has 0 saturated heterocycles. The standard InChI is InChI=1S/C36H36Cl2FN3O5S/c1-47-30-16-18-31(19-17-30)48(45,46)42(29-14-12-27(39)13-15-29)24-35(43)41(23-26-11-20-32(37)33(38)21-26)34(22-25-7-3-2-4-8-25)36(44)40-28-9-5-6-10-28/h2-4,7-8,11-21,28,34H,5-6,9-10,22-24H2,1H3,(H,40,44)/t34-/m1/s1. The van der Waals surface area contributed by atoms with Crippen molar-refractivity contribution in [1.82, 2.24) is 10.2 Å². The first-order valence-electron chi connectivity index (χ1n) is 15.5. The molecule has 1 N–H and O–H groups in total. The van der Waals surface area contributed by atoms with Gasteiger partial charge in [0.25, 0.3) is 10.0 Å². The van der Waals surface area contributed by atoms with Gasteiger partial charge >= 0.3 is 0 Å². The fourth-order valence-corrected chi connectivity index (χ4v) is 7.50. The Morgan fingerprint density at radius 3 is 2.19 bits per heavy atom. The molecular weight excluding hydrogens is 676 g/mol. The quantitative estimate of drug-likeness (QED) is 0.161. The van der Waals surface area contributed by atoms with Crippen LogP contribution in [0.25, 0.3) is 0 Å². The molecule has 8 nitrogen and oxygen atoms in total. The zero-order valence-electron chi connectivity index (χ0n) is 26.3. The third-order valence-corrected chi connectivity index (χ3v) is 10.9. The number of hydrogen-bond acceptors (Lipinski definition) is 5. The van der Waals surface area contributed by atoms with E-state index >= 15 is 0 Å². The summed E-state index contributed by atoms with van der Waals surface area (Å²) in [5.41, 5.74) is 1.48. The van der Waals surface area contributed by atoms with Crippen LogP contribution in [-0.2, 0) is 32.6 Å². The second-order valence-electron chi connectivity index (χ2n) is 11.6. The average Bonchev–Trinajstić information content (AvgIpc) is 3.60. The van der Waals surface area contributed by atoms with Gasteiger partial charge in [-0.2, -0.15) is 0 Å². The summed E-state index contributed by atoms with van der Waals surface area (Å²) >= 11 is 12.5. The van der Waals surface area contributed by atoms with Gasteiger partial charge in [-0.3, -0.25) is 13.9 Å². The SMILES string of the molecule is COc1ccc(S(=O)(=O)N(CC(=O)N(Cc2ccc(Cl)c(Cl)c2)[C@H](Cc2ccccc2)C(=O)NC2CCCC2)c2ccc(F)cc2)cc1. The summed E-state index contributed by atoms with van der Waals surface area (Å²) in [5, 5.41) is 3.73. The van der Waals surface area contributed by atoms with Crippen LogP contribution in [-0.4, -0.2) is 50.9 Å². The Labute approximate surface area is 290 Å². The minimum Gasteiger partial charge on any atom is -0.497 e. The van der Waals surface area contributed by atoms with Crippen LogP contribution in [0.4, 0.5) is 10.1 Å². The van der Waals surface area contributed by atoms with Crippen LogP contribution >= 0.6 is 23.2 Å². The summed E-state index contributed by atoms with van der Waals surface area (Å²) in [5.74, 6) is -1.11. The first-order valence-corrected chi connectivity index (χ1v) is 17.7. The van der Waals surface area contributed by atoms with Crippen molar-refractivity contribution in [2.75, 3.05) is 18.0 Å². The smallest absolute Gasteiger partial charge is 0.264 e. The highest BCUT2D eigenvalue weighted by Crippen LogP contribution is 2.28. The predicted molar refractivity (Wildman–Crippen MR) is 185 cm³/mol. The second kappa shape index (κ2) is 15.9. The maximum Gasteiger partial charge on any atom is 0.264 e. The van der Waals surface area contributed by atoms with Crippen LogP contribution in [0.2, 0.25) is 10.0 Å². The lowest BCUT2D eigenvalue weighted by molar-refractivity contribution is -0.140. The van der Waals surface area contributed by atoms with Crippen LogP contribution in [0.5, 0.6) is 5.75 Å². The van der Waals surface area contributed by atoms with Crippen molar-refractivity contribution >= 4 is 50.7 Å². The van der Waals surface area contributed by atoms with Gasteiger partial charge in [-0.1, -0.05) is 72.4 Å². The first-order chi connectivity index (χ1) is 23.0. The number of ether oxygens (including phenoxy) is 1. The lowest BCUT2D eigenvalue weighted by Crippen LogP contribution is -2.54. The number of sulfonamides is 1. The molecule has 0 spiro atoms. The Bertz CT molecular complexity index is 1820. The van der Waals surface area contributed by atoms with E-state index in [1.165, 1.54) is 48.4 Å². The Morgan fingerprint density at radius 1 is 0.896 bits per heavy atom. The van der Waals surface area contributed by atoms with Crippen molar-refractivity contribution in [2.24, 2.45) is 0 Å². The molecule has 252 valence electrons. The van der Waals surface area contributed by atoms with Gasteiger partial charge in [0.15, 0.2) is 0 Å². The molecule has 4 aromatic carbocycles. The number of amides is 2. The Balaban J connectivity index is 1.57. The number of carbonyl (C=O) groups excluding carboxylic acids is 2. The highest BCUT2D eigenvalue weighted by molar-refractivity contribution is 7.92. The molecule has 2 amide bonds. The summed E-state index contributed by atoms with van der Waals surface area (Å²) in [7, 11) is -2.90. The van der Waals surface area contributed by atoms with Gasteiger partial charge in [-0.05, 0) is 84.6 Å². The van der Waals surface area contributed by atoms with Crippen molar-refractivity contribution in [3.63, 3.8) is 0 Å². The largest absolute Gasteiger partial charge is 0.497 e. The van der Waals surface area contributed by atoms with E-state index in [9.17, 15) is 22.4 Å². The van der Waals surface area contributed by atoms with Gasteiger partial charge in [0.2, 0.25) is 11.8 Å². The summed E-state index contributed by atoms with van der Waals surface area (Å²) in [6.45, 7) is -0.742. The fourth-order valence-electron chi connectivity index (χ4n) is 5.77. The van der Waals surface area contributed by atoms with Crippen molar-refractivity contribution in [1.29, 1.82) is 0 Å². The van der Waals surface area contributed by atoms with Crippen molar-refractivity contribution < 1.29 is 27.1 Å². The molecule has 5 rings (SSSR count). The number of nitrogens with one attached hydrogen (secondary N) is 1. The van der Waals surface area contributed by atoms with E-state index in [0.717, 1.165) is 47.7 Å². The third kappa shape index (κ3) is 8.66. The van der Waals surface area contributed by atoms with Gasteiger partial charge < -0.3 is 15.0 Å². The zero-order chi connectivity index (χ0) is 34.3. The van der Waals surface area contributed by atoms with E-state index in [2.05, 4.69) is 5.32 Å². The van der Waals surface area contributed by atoms with Crippen molar-refractivity contribution in [2.45, 2.75) is 55.6 Å².